The van der Waals surface area contributed by atoms with E-state index >= 15 is 0 Å². The summed E-state index contributed by atoms with van der Waals surface area (Å²) < 4.78 is 41.5. The van der Waals surface area contributed by atoms with Crippen molar-refractivity contribution >= 4 is 21.6 Å². The molecule has 0 saturated carbocycles. The monoisotopic (exact) mass is 424 g/mol. The lowest BCUT2D eigenvalue weighted by atomic mass is 10.0. The molecule has 0 aromatic heterocycles. The highest BCUT2D eigenvalue weighted by Gasteiger charge is 2.36. The molecule has 1 atom stereocenters. The van der Waals surface area contributed by atoms with Crippen LogP contribution < -0.4 is 9.62 Å². The maximum absolute atomic E-state index is 13.9. The smallest absolute Gasteiger partial charge is 0.265 e. The van der Waals surface area contributed by atoms with E-state index in [9.17, 15) is 17.6 Å². The van der Waals surface area contributed by atoms with Crippen molar-refractivity contribution in [2.24, 2.45) is 0 Å². The predicted octanol–water partition coefficient (Wildman–Crippen LogP) is 4.27. The first-order valence-electron chi connectivity index (χ1n) is 9.68. The largest absolute Gasteiger partial charge is 0.348 e. The maximum Gasteiger partial charge on any atom is 0.265 e. The number of amides is 1. The summed E-state index contributed by atoms with van der Waals surface area (Å²) in [5.74, 6) is -0.897. The molecule has 1 N–H and O–H groups in total. The van der Waals surface area contributed by atoms with Gasteiger partial charge in [0.15, 0.2) is 0 Å². The summed E-state index contributed by atoms with van der Waals surface area (Å²) in [4.78, 5) is 12.9. The standard InChI is InChI=1S/C23H21FN2O3S/c1-2-20(16-8-4-3-5-9-16)25-23(27)15-26-21-13-12-17(24)14-19(21)18-10-6-7-11-22(18)30(26,28)29/h3-14,20H,2,15H2,1H3,(H,25,27)/t20-/m1/s1. The first-order valence-corrected chi connectivity index (χ1v) is 11.1. The van der Waals surface area contributed by atoms with Crippen LogP contribution in [0.1, 0.15) is 24.9 Å². The molecule has 1 aliphatic heterocycles. The number of carbonyl (C=O) groups excluding carboxylic acids is 1. The van der Waals surface area contributed by atoms with E-state index in [1.807, 2.05) is 37.3 Å². The zero-order valence-electron chi connectivity index (χ0n) is 16.4. The Morgan fingerprint density at radius 2 is 1.70 bits per heavy atom. The minimum atomic E-state index is -3.96. The summed E-state index contributed by atoms with van der Waals surface area (Å²) in [5, 5.41) is 2.92. The van der Waals surface area contributed by atoms with Crippen molar-refractivity contribution < 1.29 is 17.6 Å². The van der Waals surface area contributed by atoms with Gasteiger partial charge in [-0.3, -0.25) is 9.10 Å². The molecule has 0 bridgehead atoms. The molecular weight excluding hydrogens is 403 g/mol. The number of benzene rings is 3. The SMILES string of the molecule is CC[C@@H](NC(=O)CN1c2ccc(F)cc2-c2ccccc2S1(=O)=O)c1ccccc1. The van der Waals surface area contributed by atoms with E-state index in [4.69, 9.17) is 0 Å². The Bertz CT molecular complexity index is 1200. The molecule has 0 spiro atoms. The van der Waals surface area contributed by atoms with Crippen LogP contribution in [0.5, 0.6) is 0 Å². The lowest BCUT2D eigenvalue weighted by molar-refractivity contribution is -0.120. The minimum absolute atomic E-state index is 0.0611. The second-order valence-electron chi connectivity index (χ2n) is 7.11. The number of sulfonamides is 1. The van der Waals surface area contributed by atoms with Gasteiger partial charge in [0.05, 0.1) is 16.6 Å². The van der Waals surface area contributed by atoms with Gasteiger partial charge < -0.3 is 5.32 Å². The Morgan fingerprint density at radius 3 is 2.43 bits per heavy atom. The van der Waals surface area contributed by atoms with E-state index in [-0.39, 0.29) is 16.6 Å². The molecule has 3 aromatic carbocycles. The van der Waals surface area contributed by atoms with Crippen LogP contribution in [0, 0.1) is 5.82 Å². The summed E-state index contributed by atoms with van der Waals surface area (Å²) in [6.07, 6.45) is 0.660. The molecule has 30 heavy (non-hydrogen) atoms. The first-order chi connectivity index (χ1) is 14.4. The number of fused-ring (bicyclic) bond motifs is 3. The third-order valence-electron chi connectivity index (χ3n) is 5.21. The highest BCUT2D eigenvalue weighted by Crippen LogP contribution is 2.43. The highest BCUT2D eigenvalue weighted by molar-refractivity contribution is 7.93. The molecule has 0 aliphatic carbocycles. The number of anilines is 1. The average molecular weight is 424 g/mol. The number of rotatable bonds is 5. The first kappa shape index (κ1) is 20.1. The molecule has 1 heterocycles. The topological polar surface area (TPSA) is 66.5 Å². The summed E-state index contributed by atoms with van der Waals surface area (Å²) in [5.41, 5.74) is 2.11. The highest BCUT2D eigenvalue weighted by atomic mass is 32.2. The van der Waals surface area contributed by atoms with Gasteiger partial charge in [-0.15, -0.1) is 0 Å². The van der Waals surface area contributed by atoms with Gasteiger partial charge in [-0.2, -0.15) is 0 Å². The molecular formula is C23H21FN2O3S. The number of carbonyl (C=O) groups is 1. The van der Waals surface area contributed by atoms with Gasteiger partial charge in [0, 0.05) is 11.1 Å². The fraction of sp³-hybridized carbons (Fsp3) is 0.174. The van der Waals surface area contributed by atoms with Crippen molar-refractivity contribution in [3.8, 4) is 11.1 Å². The molecule has 7 heteroatoms. The molecule has 154 valence electrons. The van der Waals surface area contributed by atoms with E-state index in [0.29, 0.717) is 17.5 Å². The minimum Gasteiger partial charge on any atom is -0.348 e. The van der Waals surface area contributed by atoms with E-state index < -0.39 is 28.3 Å². The van der Waals surface area contributed by atoms with Crippen molar-refractivity contribution in [3.63, 3.8) is 0 Å². The molecule has 5 nitrogen and oxygen atoms in total. The fourth-order valence-corrected chi connectivity index (χ4v) is 5.40. The fourth-order valence-electron chi connectivity index (χ4n) is 3.75. The van der Waals surface area contributed by atoms with Crippen molar-refractivity contribution in [1.82, 2.24) is 5.32 Å². The molecule has 0 radical (unpaired) electrons. The third-order valence-corrected chi connectivity index (χ3v) is 7.02. The molecule has 1 aliphatic rings. The number of nitrogens with one attached hydrogen (secondary N) is 1. The normalized spacial score (nSPS) is 15.1. The van der Waals surface area contributed by atoms with Gasteiger partial charge in [0.1, 0.15) is 12.4 Å². The predicted molar refractivity (Wildman–Crippen MR) is 114 cm³/mol. The Hall–Kier alpha value is -3.19. The number of halogens is 1. The van der Waals surface area contributed by atoms with Crippen molar-refractivity contribution in [1.29, 1.82) is 0 Å². The molecule has 0 unspecified atom stereocenters. The maximum atomic E-state index is 13.9. The summed E-state index contributed by atoms with van der Waals surface area (Å²) >= 11 is 0. The van der Waals surface area contributed by atoms with Crippen molar-refractivity contribution in [3.05, 3.63) is 84.2 Å². The Balaban J connectivity index is 1.68. The molecule has 3 aromatic rings. The summed E-state index contributed by atoms with van der Waals surface area (Å²) in [7, 11) is -3.96. The van der Waals surface area contributed by atoms with Gasteiger partial charge >= 0.3 is 0 Å². The molecule has 0 fully saturated rings. The number of hydrogen-bond acceptors (Lipinski definition) is 3. The second-order valence-corrected chi connectivity index (χ2v) is 8.94. The van der Waals surface area contributed by atoms with Gasteiger partial charge in [0.2, 0.25) is 5.91 Å². The molecule has 4 rings (SSSR count). The Labute approximate surface area is 175 Å². The Kier molecular flexibility index (Phi) is 5.30. The van der Waals surface area contributed by atoms with Gasteiger partial charge in [-0.05, 0) is 36.2 Å². The van der Waals surface area contributed by atoms with E-state index in [0.717, 1.165) is 9.87 Å². The summed E-state index contributed by atoms with van der Waals surface area (Å²) in [6.45, 7) is 1.56. The van der Waals surface area contributed by atoms with Crippen LogP contribution in [-0.2, 0) is 14.8 Å². The number of nitrogens with zero attached hydrogens (tertiary/aromatic N) is 1. The van der Waals surface area contributed by atoms with Crippen LogP contribution in [0.2, 0.25) is 0 Å². The second kappa shape index (κ2) is 7.91. The van der Waals surface area contributed by atoms with Crippen molar-refractivity contribution in [2.45, 2.75) is 24.3 Å². The van der Waals surface area contributed by atoms with Gasteiger partial charge in [0.25, 0.3) is 10.0 Å². The summed E-state index contributed by atoms with van der Waals surface area (Å²) in [6, 6.07) is 19.6. The van der Waals surface area contributed by atoms with Crippen LogP contribution in [-0.4, -0.2) is 20.9 Å². The average Bonchev–Trinajstić information content (AvgIpc) is 2.76. The zero-order chi connectivity index (χ0) is 21.3. The van der Waals surface area contributed by atoms with Crippen LogP contribution in [0.4, 0.5) is 10.1 Å². The number of hydrogen-bond donors (Lipinski definition) is 1. The van der Waals surface area contributed by atoms with E-state index in [2.05, 4.69) is 5.32 Å². The third kappa shape index (κ3) is 3.57. The zero-order valence-corrected chi connectivity index (χ0v) is 17.2. The molecule has 1 amide bonds. The van der Waals surface area contributed by atoms with Gasteiger partial charge in [-0.1, -0.05) is 55.5 Å². The Morgan fingerprint density at radius 1 is 1.00 bits per heavy atom. The van der Waals surface area contributed by atoms with Crippen LogP contribution >= 0.6 is 0 Å². The van der Waals surface area contributed by atoms with E-state index in [1.165, 1.54) is 24.3 Å². The van der Waals surface area contributed by atoms with Crippen LogP contribution in [0.15, 0.2) is 77.7 Å². The van der Waals surface area contributed by atoms with Gasteiger partial charge in [-0.25, -0.2) is 12.8 Å². The lowest BCUT2D eigenvalue weighted by Crippen LogP contribution is -2.43. The van der Waals surface area contributed by atoms with E-state index in [1.54, 1.807) is 18.2 Å². The van der Waals surface area contributed by atoms with Crippen molar-refractivity contribution in [2.75, 3.05) is 10.8 Å². The molecule has 0 saturated heterocycles. The van der Waals surface area contributed by atoms with Crippen LogP contribution in [0.25, 0.3) is 11.1 Å². The lowest BCUT2D eigenvalue weighted by Gasteiger charge is -2.32. The van der Waals surface area contributed by atoms with Crippen LogP contribution in [0.3, 0.4) is 0 Å². The quantitative estimate of drug-likeness (QED) is 0.665.